The number of rotatable bonds is 6. The molecule has 0 amide bonds. The Bertz CT molecular complexity index is 129. The Hall–Kier alpha value is -0.430. The third-order valence-electron chi connectivity index (χ3n) is 2.16. The number of allylic oxidation sites excluding steroid dienone is 2. The molecule has 0 aromatic rings. The van der Waals surface area contributed by atoms with Crippen molar-refractivity contribution in [1.29, 1.82) is 0 Å². The zero-order valence-electron chi connectivity index (χ0n) is 8.76. The van der Waals surface area contributed by atoms with Gasteiger partial charge in [-0.25, -0.2) is 0 Å². The molecule has 0 fully saturated rings. The van der Waals surface area contributed by atoms with E-state index in [2.05, 4.69) is 39.3 Å². The van der Waals surface area contributed by atoms with Crippen LogP contribution >= 0.6 is 0 Å². The Morgan fingerprint density at radius 1 is 1.42 bits per heavy atom. The summed E-state index contributed by atoms with van der Waals surface area (Å²) in [6.45, 7) is 7.27. The summed E-state index contributed by atoms with van der Waals surface area (Å²) in [7, 11) is 1.76. The van der Waals surface area contributed by atoms with Crippen molar-refractivity contribution in [2.45, 2.75) is 33.6 Å². The van der Waals surface area contributed by atoms with Crippen molar-refractivity contribution in [2.24, 2.45) is 5.41 Å². The fourth-order valence-corrected chi connectivity index (χ4v) is 1.11. The number of ether oxygens (including phenoxy) is 1. The van der Waals surface area contributed by atoms with E-state index in [0.29, 0.717) is 0 Å². The summed E-state index contributed by atoms with van der Waals surface area (Å²) in [4.78, 5) is 0. The molecule has 0 aliphatic carbocycles. The van der Waals surface area contributed by atoms with Crippen LogP contribution in [-0.2, 0) is 4.74 Å². The molecule has 0 N–H and O–H groups in total. The number of hydrogen-bond acceptors (Lipinski definition) is 1. The van der Waals surface area contributed by atoms with Gasteiger partial charge in [-0.1, -0.05) is 19.1 Å². The quantitative estimate of drug-likeness (QED) is 0.438. The van der Waals surface area contributed by atoms with Gasteiger partial charge < -0.3 is 4.74 Å². The maximum Gasteiger partial charge on any atom is 0.131 e. The summed E-state index contributed by atoms with van der Waals surface area (Å²) in [6, 6.07) is 0. The predicted octanol–water partition coefficient (Wildman–Crippen LogP) is 3.22. The fourth-order valence-electron chi connectivity index (χ4n) is 1.11. The van der Waals surface area contributed by atoms with Crippen LogP contribution in [0.5, 0.6) is 0 Å². The minimum atomic E-state index is 0.209. The van der Waals surface area contributed by atoms with Gasteiger partial charge in [0.15, 0.2) is 0 Å². The second kappa shape index (κ2) is 6.13. The van der Waals surface area contributed by atoms with Gasteiger partial charge in [0.25, 0.3) is 0 Å². The molecule has 0 rings (SSSR count). The lowest BCUT2D eigenvalue weighted by Gasteiger charge is -2.17. The lowest BCUT2D eigenvalue weighted by Crippen LogP contribution is -2.21. The molecule has 0 saturated heterocycles. The molecule has 1 heteroatoms. The van der Waals surface area contributed by atoms with Gasteiger partial charge in [0.1, 0.15) is 5.41 Å². The summed E-state index contributed by atoms with van der Waals surface area (Å²) < 4.78 is 5.16. The molecule has 0 bridgehead atoms. The van der Waals surface area contributed by atoms with Crippen molar-refractivity contribution in [1.82, 2.24) is 0 Å². The first-order chi connectivity index (χ1) is 5.68. The highest BCUT2D eigenvalue weighted by Gasteiger charge is 2.28. The normalized spacial score (nSPS) is 16.3. The summed E-state index contributed by atoms with van der Waals surface area (Å²) in [6.07, 6.45) is 8.85. The third-order valence-corrected chi connectivity index (χ3v) is 2.16. The lowest BCUT2D eigenvalue weighted by atomic mass is 9.85. The van der Waals surface area contributed by atoms with Gasteiger partial charge in [-0.15, -0.1) is 0 Å². The highest BCUT2D eigenvalue weighted by Crippen LogP contribution is 2.25. The largest absolute Gasteiger partial charge is 0.380 e. The summed E-state index contributed by atoms with van der Waals surface area (Å²) in [5.41, 5.74) is 0.209. The maximum atomic E-state index is 5.16. The van der Waals surface area contributed by atoms with Crippen molar-refractivity contribution in [2.75, 3.05) is 13.7 Å². The van der Waals surface area contributed by atoms with E-state index in [1.54, 1.807) is 7.11 Å². The molecule has 0 aliphatic rings. The van der Waals surface area contributed by atoms with Gasteiger partial charge in [-0.3, -0.25) is 0 Å². The van der Waals surface area contributed by atoms with Crippen LogP contribution in [0.4, 0.5) is 0 Å². The van der Waals surface area contributed by atoms with Crippen LogP contribution in [0, 0.1) is 11.8 Å². The van der Waals surface area contributed by atoms with E-state index < -0.39 is 0 Å². The standard InChI is InChI=1S/C11H21O/c1-5-7-8-9-11(3,6-2)10-12-4/h6-8H,5,9-10H2,1-4H3/q+1/b8-7+. The highest BCUT2D eigenvalue weighted by atomic mass is 16.5. The first kappa shape index (κ1) is 11.6. The molecular formula is C11H21O+. The van der Waals surface area contributed by atoms with Crippen molar-refractivity contribution in [3.63, 3.8) is 0 Å². The second-order valence-electron chi connectivity index (χ2n) is 3.46. The molecular weight excluding hydrogens is 148 g/mol. The van der Waals surface area contributed by atoms with Crippen molar-refractivity contribution < 1.29 is 4.74 Å². The molecule has 0 saturated carbocycles. The van der Waals surface area contributed by atoms with Crippen molar-refractivity contribution >= 4 is 0 Å². The summed E-state index contributed by atoms with van der Waals surface area (Å²) >= 11 is 0. The highest BCUT2D eigenvalue weighted by molar-refractivity contribution is 4.94. The molecule has 70 valence electrons. The average molecular weight is 169 g/mol. The van der Waals surface area contributed by atoms with Crippen LogP contribution in [-0.4, -0.2) is 13.7 Å². The van der Waals surface area contributed by atoms with Gasteiger partial charge in [0, 0.05) is 13.5 Å². The molecule has 1 unspecified atom stereocenters. The first-order valence-corrected chi connectivity index (χ1v) is 4.63. The van der Waals surface area contributed by atoms with Crippen LogP contribution in [0.15, 0.2) is 12.2 Å². The van der Waals surface area contributed by atoms with E-state index in [1.807, 2.05) is 0 Å². The van der Waals surface area contributed by atoms with Crippen molar-refractivity contribution in [3.8, 4) is 0 Å². The maximum absolute atomic E-state index is 5.16. The van der Waals surface area contributed by atoms with E-state index in [-0.39, 0.29) is 5.41 Å². The first-order valence-electron chi connectivity index (χ1n) is 4.63. The van der Waals surface area contributed by atoms with Crippen LogP contribution in [0.3, 0.4) is 0 Å². The Morgan fingerprint density at radius 3 is 2.50 bits per heavy atom. The van der Waals surface area contributed by atoms with E-state index in [0.717, 1.165) is 19.4 Å². The van der Waals surface area contributed by atoms with Gasteiger partial charge in [0.2, 0.25) is 0 Å². The van der Waals surface area contributed by atoms with Gasteiger partial charge in [-0.2, -0.15) is 0 Å². The molecule has 1 atom stereocenters. The molecule has 12 heavy (non-hydrogen) atoms. The van der Waals surface area contributed by atoms with E-state index in [4.69, 9.17) is 4.74 Å². The van der Waals surface area contributed by atoms with Gasteiger partial charge >= 0.3 is 0 Å². The lowest BCUT2D eigenvalue weighted by molar-refractivity contribution is 0.114. The fraction of sp³-hybridized carbons (Fsp3) is 0.727. The van der Waals surface area contributed by atoms with E-state index in [1.165, 1.54) is 0 Å². The molecule has 0 aliphatic heterocycles. The third kappa shape index (κ3) is 4.45. The zero-order chi connectivity index (χ0) is 9.45. The zero-order valence-corrected chi connectivity index (χ0v) is 8.76. The summed E-state index contributed by atoms with van der Waals surface area (Å²) in [5.74, 6) is 0. The minimum Gasteiger partial charge on any atom is -0.380 e. The van der Waals surface area contributed by atoms with Crippen LogP contribution in [0.25, 0.3) is 0 Å². The summed E-state index contributed by atoms with van der Waals surface area (Å²) in [5, 5.41) is 0. The van der Waals surface area contributed by atoms with Crippen LogP contribution < -0.4 is 0 Å². The second-order valence-corrected chi connectivity index (χ2v) is 3.46. The Morgan fingerprint density at radius 2 is 2.08 bits per heavy atom. The van der Waals surface area contributed by atoms with E-state index in [9.17, 15) is 0 Å². The topological polar surface area (TPSA) is 9.23 Å². The Balaban J connectivity index is 3.86. The van der Waals surface area contributed by atoms with E-state index >= 15 is 0 Å². The molecule has 0 aromatic heterocycles. The monoisotopic (exact) mass is 169 g/mol. The van der Waals surface area contributed by atoms with Crippen LogP contribution in [0.2, 0.25) is 0 Å². The van der Waals surface area contributed by atoms with Crippen LogP contribution in [0.1, 0.15) is 33.6 Å². The average Bonchev–Trinajstić information content (AvgIpc) is 2.06. The molecule has 0 radical (unpaired) electrons. The molecule has 0 aromatic carbocycles. The van der Waals surface area contributed by atoms with Gasteiger partial charge in [0.05, 0.1) is 20.0 Å². The minimum absolute atomic E-state index is 0.209. The molecule has 1 nitrogen and oxygen atoms in total. The van der Waals surface area contributed by atoms with Crippen molar-refractivity contribution in [3.05, 3.63) is 18.6 Å². The SMILES string of the molecule is C[CH+]C(C)(C/C=C/CC)COC. The molecule has 0 heterocycles. The predicted molar refractivity (Wildman–Crippen MR) is 54.0 cm³/mol. The smallest absolute Gasteiger partial charge is 0.131 e. The Kier molecular flexibility index (Phi) is 5.91. The molecule has 0 spiro atoms. The number of methoxy groups -OCH3 is 1. The number of hydrogen-bond donors (Lipinski definition) is 0. The Labute approximate surface area is 76.8 Å². The van der Waals surface area contributed by atoms with Gasteiger partial charge in [-0.05, 0) is 13.3 Å².